The molecule has 0 atom stereocenters. The lowest BCUT2D eigenvalue weighted by atomic mass is 9.85. The standard InChI is InChI=1S/C11H13NO4/c1-11(2,3)8-4-7(6-13)5-9(10(8)14)12(15)16/h4-6,14H,1-3H3. The molecule has 86 valence electrons. The van der Waals surface area contributed by atoms with Gasteiger partial charge in [0, 0.05) is 17.2 Å². The number of phenolic OH excluding ortho intramolecular Hbond substituents is 1. The average Bonchev–Trinajstić information content (AvgIpc) is 2.15. The maximum Gasteiger partial charge on any atom is 0.311 e. The smallest absolute Gasteiger partial charge is 0.311 e. The number of aldehydes is 1. The number of carbonyl (C=O) groups excluding carboxylic acids is 1. The minimum Gasteiger partial charge on any atom is -0.502 e. The summed E-state index contributed by atoms with van der Waals surface area (Å²) in [5.41, 5.74) is -0.318. The number of nitro benzene ring substituents is 1. The van der Waals surface area contributed by atoms with Gasteiger partial charge in [-0.25, -0.2) is 0 Å². The van der Waals surface area contributed by atoms with Gasteiger partial charge in [0.05, 0.1) is 4.92 Å². The van der Waals surface area contributed by atoms with E-state index in [1.54, 1.807) is 20.8 Å². The van der Waals surface area contributed by atoms with Crippen LogP contribution in [0.2, 0.25) is 0 Å². The molecule has 1 rings (SSSR count). The summed E-state index contributed by atoms with van der Waals surface area (Å²) in [4.78, 5) is 20.7. The molecule has 0 radical (unpaired) electrons. The fraction of sp³-hybridized carbons (Fsp3) is 0.364. The van der Waals surface area contributed by atoms with Gasteiger partial charge in [-0.3, -0.25) is 14.9 Å². The molecule has 0 aliphatic carbocycles. The highest BCUT2D eigenvalue weighted by molar-refractivity contribution is 5.78. The number of nitrogens with zero attached hydrogens (tertiary/aromatic N) is 1. The third-order valence-corrected chi connectivity index (χ3v) is 2.25. The minimum atomic E-state index is -0.697. The topological polar surface area (TPSA) is 80.4 Å². The van der Waals surface area contributed by atoms with Crippen LogP contribution < -0.4 is 0 Å². The van der Waals surface area contributed by atoms with Crippen LogP contribution in [0.15, 0.2) is 12.1 Å². The van der Waals surface area contributed by atoms with E-state index in [-0.39, 0.29) is 11.3 Å². The summed E-state index contributed by atoms with van der Waals surface area (Å²) in [5.74, 6) is -0.372. The van der Waals surface area contributed by atoms with Crippen LogP contribution in [0.4, 0.5) is 5.69 Å². The van der Waals surface area contributed by atoms with Gasteiger partial charge in [0.1, 0.15) is 6.29 Å². The summed E-state index contributed by atoms with van der Waals surface area (Å²) in [6.07, 6.45) is 0.529. The van der Waals surface area contributed by atoms with E-state index in [9.17, 15) is 20.0 Å². The summed E-state index contributed by atoms with van der Waals surface area (Å²) in [6, 6.07) is 2.53. The van der Waals surface area contributed by atoms with Crippen molar-refractivity contribution >= 4 is 12.0 Å². The molecular weight excluding hydrogens is 210 g/mol. The molecule has 0 amide bonds. The first kappa shape index (κ1) is 12.2. The molecular formula is C11H13NO4. The number of hydrogen-bond donors (Lipinski definition) is 1. The van der Waals surface area contributed by atoms with Gasteiger partial charge in [-0.1, -0.05) is 20.8 Å². The van der Waals surface area contributed by atoms with Gasteiger partial charge in [-0.2, -0.15) is 0 Å². The van der Waals surface area contributed by atoms with Gasteiger partial charge in [0.15, 0.2) is 5.75 Å². The second-order valence-electron chi connectivity index (χ2n) is 4.56. The third-order valence-electron chi connectivity index (χ3n) is 2.25. The van der Waals surface area contributed by atoms with Crippen LogP contribution in [0.1, 0.15) is 36.7 Å². The summed E-state index contributed by atoms with van der Waals surface area (Å²) in [6.45, 7) is 5.42. The zero-order valence-electron chi connectivity index (χ0n) is 9.35. The molecule has 0 spiro atoms. The highest BCUT2D eigenvalue weighted by Crippen LogP contribution is 2.37. The fourth-order valence-corrected chi connectivity index (χ4v) is 1.42. The van der Waals surface area contributed by atoms with E-state index in [4.69, 9.17) is 0 Å². The molecule has 0 fully saturated rings. The van der Waals surface area contributed by atoms with Crippen molar-refractivity contribution in [3.05, 3.63) is 33.4 Å². The molecule has 0 bridgehead atoms. The summed E-state index contributed by atoms with van der Waals surface area (Å²) in [5, 5.41) is 20.5. The van der Waals surface area contributed by atoms with Gasteiger partial charge in [0.2, 0.25) is 0 Å². The molecule has 5 heteroatoms. The second-order valence-corrected chi connectivity index (χ2v) is 4.56. The summed E-state index contributed by atoms with van der Waals surface area (Å²) < 4.78 is 0. The Morgan fingerprint density at radius 1 is 1.38 bits per heavy atom. The van der Waals surface area contributed by atoms with Crippen LogP contribution in [-0.4, -0.2) is 16.3 Å². The van der Waals surface area contributed by atoms with E-state index in [1.807, 2.05) is 0 Å². The zero-order chi connectivity index (χ0) is 12.5. The second kappa shape index (κ2) is 3.92. The van der Waals surface area contributed by atoms with Crippen molar-refractivity contribution in [3.8, 4) is 5.75 Å². The average molecular weight is 223 g/mol. The van der Waals surface area contributed by atoms with Crippen LogP contribution in [0.3, 0.4) is 0 Å². The van der Waals surface area contributed by atoms with E-state index < -0.39 is 16.0 Å². The minimum absolute atomic E-state index is 0.189. The first-order valence-corrected chi connectivity index (χ1v) is 4.74. The highest BCUT2D eigenvalue weighted by atomic mass is 16.6. The van der Waals surface area contributed by atoms with E-state index in [1.165, 1.54) is 6.07 Å². The Labute approximate surface area is 92.9 Å². The normalized spacial score (nSPS) is 11.2. The molecule has 0 heterocycles. The highest BCUT2D eigenvalue weighted by Gasteiger charge is 2.26. The van der Waals surface area contributed by atoms with Crippen LogP contribution in [0, 0.1) is 10.1 Å². The molecule has 0 saturated heterocycles. The van der Waals surface area contributed by atoms with E-state index >= 15 is 0 Å². The molecule has 0 aliphatic rings. The number of phenols is 1. The SMILES string of the molecule is CC(C)(C)c1cc(C=O)cc([N+](=O)[O-])c1O. The predicted octanol–water partition coefficient (Wildman–Crippen LogP) is 2.41. The van der Waals surface area contributed by atoms with Crippen molar-refractivity contribution in [2.75, 3.05) is 0 Å². The first-order valence-electron chi connectivity index (χ1n) is 4.74. The fourth-order valence-electron chi connectivity index (χ4n) is 1.42. The van der Waals surface area contributed by atoms with Crippen molar-refractivity contribution in [2.45, 2.75) is 26.2 Å². The largest absolute Gasteiger partial charge is 0.502 e. The Bertz CT molecular complexity index is 446. The molecule has 1 aromatic carbocycles. The van der Waals surface area contributed by atoms with E-state index in [0.29, 0.717) is 11.8 Å². The van der Waals surface area contributed by atoms with Crippen LogP contribution in [0.5, 0.6) is 5.75 Å². The number of rotatable bonds is 2. The quantitative estimate of drug-likeness (QED) is 0.474. The number of aromatic hydroxyl groups is 1. The lowest BCUT2D eigenvalue weighted by Gasteiger charge is -2.20. The Hall–Kier alpha value is -1.91. The Morgan fingerprint density at radius 2 is 1.94 bits per heavy atom. The van der Waals surface area contributed by atoms with Crippen LogP contribution >= 0.6 is 0 Å². The van der Waals surface area contributed by atoms with Gasteiger partial charge >= 0.3 is 5.69 Å². The maximum atomic E-state index is 10.7. The molecule has 0 unspecified atom stereocenters. The van der Waals surface area contributed by atoms with Gasteiger partial charge in [0.25, 0.3) is 0 Å². The molecule has 5 nitrogen and oxygen atoms in total. The van der Waals surface area contributed by atoms with Crippen molar-refractivity contribution in [3.63, 3.8) is 0 Å². The number of benzene rings is 1. The van der Waals surface area contributed by atoms with Gasteiger partial charge < -0.3 is 5.11 Å². The molecule has 1 N–H and O–H groups in total. The van der Waals surface area contributed by atoms with Crippen molar-refractivity contribution in [2.24, 2.45) is 0 Å². The molecule has 0 aliphatic heterocycles. The van der Waals surface area contributed by atoms with Crippen molar-refractivity contribution in [1.82, 2.24) is 0 Å². The van der Waals surface area contributed by atoms with Crippen LogP contribution in [-0.2, 0) is 5.41 Å². The van der Waals surface area contributed by atoms with Gasteiger partial charge in [-0.05, 0) is 11.5 Å². The third kappa shape index (κ3) is 2.18. The van der Waals surface area contributed by atoms with Crippen LogP contribution in [0.25, 0.3) is 0 Å². The summed E-state index contributed by atoms with van der Waals surface area (Å²) in [7, 11) is 0. The molecule has 16 heavy (non-hydrogen) atoms. The molecule has 1 aromatic rings. The van der Waals surface area contributed by atoms with E-state index in [2.05, 4.69) is 0 Å². The van der Waals surface area contributed by atoms with Crippen molar-refractivity contribution < 1.29 is 14.8 Å². The predicted molar refractivity (Wildman–Crippen MR) is 58.8 cm³/mol. The van der Waals surface area contributed by atoms with E-state index in [0.717, 1.165) is 6.07 Å². The summed E-state index contributed by atoms with van der Waals surface area (Å²) >= 11 is 0. The lowest BCUT2D eigenvalue weighted by molar-refractivity contribution is -0.386. The van der Waals surface area contributed by atoms with Gasteiger partial charge in [-0.15, -0.1) is 0 Å². The lowest BCUT2D eigenvalue weighted by Crippen LogP contribution is -2.12. The first-order chi connectivity index (χ1) is 7.27. The Kier molecular flexibility index (Phi) is 2.98. The monoisotopic (exact) mass is 223 g/mol. The number of nitro groups is 1. The molecule has 0 saturated carbocycles. The number of hydrogen-bond acceptors (Lipinski definition) is 4. The Morgan fingerprint density at radius 3 is 2.31 bits per heavy atom. The Balaban J connectivity index is 3.56. The maximum absolute atomic E-state index is 10.7. The number of carbonyl (C=O) groups is 1. The zero-order valence-corrected chi connectivity index (χ0v) is 9.35. The van der Waals surface area contributed by atoms with Crippen molar-refractivity contribution in [1.29, 1.82) is 0 Å². The molecule has 0 aromatic heterocycles.